The molecule has 0 radical (unpaired) electrons. The number of anilines is 1. The summed E-state index contributed by atoms with van der Waals surface area (Å²) in [4.78, 5) is 25.1. The summed E-state index contributed by atoms with van der Waals surface area (Å²) in [5.41, 5.74) is 6.23. The van der Waals surface area contributed by atoms with Gasteiger partial charge in [0.25, 0.3) is 15.9 Å². The van der Waals surface area contributed by atoms with Gasteiger partial charge in [0.15, 0.2) is 0 Å². The molecule has 0 aliphatic carbocycles. The Morgan fingerprint density at radius 3 is 2.44 bits per heavy atom. The van der Waals surface area contributed by atoms with E-state index in [1.54, 1.807) is 30.3 Å². The Balaban J connectivity index is 2.25. The van der Waals surface area contributed by atoms with E-state index in [0.717, 1.165) is 0 Å². The van der Waals surface area contributed by atoms with Gasteiger partial charge in [0.1, 0.15) is 6.61 Å². The molecule has 0 saturated carbocycles. The zero-order chi connectivity index (χ0) is 18.6. The molecule has 0 saturated heterocycles. The van der Waals surface area contributed by atoms with E-state index >= 15 is 0 Å². The van der Waals surface area contributed by atoms with Crippen molar-refractivity contribution in [2.75, 3.05) is 4.90 Å². The van der Waals surface area contributed by atoms with Gasteiger partial charge in [-0.05, 0) is 12.5 Å². The third-order valence-corrected chi connectivity index (χ3v) is 5.05. The number of primary sulfonamides is 1. The Morgan fingerprint density at radius 1 is 1.28 bits per heavy atom. The highest BCUT2D eigenvalue weighted by Crippen LogP contribution is 2.24. The number of hydrogen-bond donors (Lipinski definition) is 2. The number of aromatic nitrogens is 2. The van der Waals surface area contributed by atoms with Crippen LogP contribution in [0.1, 0.15) is 12.5 Å². The number of imide groups is 1. The molecule has 0 unspecified atom stereocenters. The summed E-state index contributed by atoms with van der Waals surface area (Å²) in [6.07, 6.45) is -1.05. The molecule has 4 N–H and O–H groups in total. The normalized spacial score (nSPS) is 12.4. The summed E-state index contributed by atoms with van der Waals surface area (Å²) in [6.45, 7) is 1.27. The van der Waals surface area contributed by atoms with Gasteiger partial charge in [-0.25, -0.2) is 18.4 Å². The van der Waals surface area contributed by atoms with E-state index < -0.39 is 32.4 Å². The molecule has 0 aliphatic rings. The van der Waals surface area contributed by atoms with Crippen molar-refractivity contribution in [2.24, 2.45) is 10.9 Å². The monoisotopic (exact) mass is 385 g/mol. The Bertz CT molecular complexity index is 866. The van der Waals surface area contributed by atoms with Crippen molar-refractivity contribution in [1.82, 2.24) is 10.2 Å². The second-order valence-corrected chi connectivity index (χ2v) is 7.59. The van der Waals surface area contributed by atoms with Crippen molar-refractivity contribution in [2.45, 2.75) is 23.9 Å². The minimum Gasteiger partial charge on any atom is -0.444 e. The average molecular weight is 385 g/mol. The third kappa shape index (κ3) is 4.79. The van der Waals surface area contributed by atoms with Crippen LogP contribution in [0.25, 0.3) is 0 Å². The molecular formula is C13H15N5O5S2. The number of amides is 2. The minimum absolute atomic E-state index is 0.0940. The highest BCUT2D eigenvalue weighted by Gasteiger charge is 2.32. The first-order valence-corrected chi connectivity index (χ1v) is 9.23. The zero-order valence-electron chi connectivity index (χ0n) is 13.0. The fourth-order valence-corrected chi connectivity index (χ4v) is 3.08. The Morgan fingerprint density at radius 2 is 1.92 bits per heavy atom. The van der Waals surface area contributed by atoms with Crippen LogP contribution in [0.15, 0.2) is 34.7 Å². The van der Waals surface area contributed by atoms with Crippen LogP contribution in [-0.4, -0.2) is 36.7 Å². The number of nitrogens with two attached hydrogens (primary N) is 2. The molecule has 134 valence electrons. The lowest BCUT2D eigenvalue weighted by molar-refractivity contribution is -0.119. The number of benzene rings is 1. The fraction of sp³-hybridized carbons (Fsp3) is 0.231. The first-order valence-electron chi connectivity index (χ1n) is 6.86. The molecule has 2 aromatic rings. The molecule has 0 aliphatic heterocycles. The molecule has 0 bridgehead atoms. The molecule has 10 nitrogen and oxygen atoms in total. The van der Waals surface area contributed by atoms with Crippen molar-refractivity contribution in [3.63, 3.8) is 0 Å². The molecule has 2 amide bonds. The van der Waals surface area contributed by atoms with Gasteiger partial charge in [-0.3, -0.25) is 4.79 Å². The van der Waals surface area contributed by atoms with Crippen molar-refractivity contribution in [1.29, 1.82) is 0 Å². The van der Waals surface area contributed by atoms with Crippen LogP contribution in [0.2, 0.25) is 0 Å². The highest BCUT2D eigenvalue weighted by atomic mass is 32.2. The summed E-state index contributed by atoms with van der Waals surface area (Å²) in [5.74, 6) is -0.824. The van der Waals surface area contributed by atoms with Crippen LogP contribution < -0.4 is 15.8 Å². The van der Waals surface area contributed by atoms with Gasteiger partial charge < -0.3 is 10.5 Å². The van der Waals surface area contributed by atoms with Crippen molar-refractivity contribution in [3.8, 4) is 0 Å². The third-order valence-electron chi connectivity index (χ3n) is 2.83. The lowest BCUT2D eigenvalue weighted by Gasteiger charge is -2.18. The summed E-state index contributed by atoms with van der Waals surface area (Å²) >= 11 is 0.457. The SMILES string of the molecule is C[C@H](N)C(=O)N(C(=O)OCc1ccccc1)c1nnc(S(N)(=O)=O)s1. The van der Waals surface area contributed by atoms with E-state index in [1.807, 2.05) is 0 Å². The van der Waals surface area contributed by atoms with Gasteiger partial charge in [-0.15, -0.1) is 10.2 Å². The van der Waals surface area contributed by atoms with Crippen LogP contribution >= 0.6 is 11.3 Å². The predicted molar refractivity (Wildman–Crippen MR) is 89.0 cm³/mol. The molecule has 0 fully saturated rings. The molecule has 1 heterocycles. The molecule has 1 aromatic carbocycles. The topological polar surface area (TPSA) is 159 Å². The lowest BCUT2D eigenvalue weighted by atomic mass is 10.2. The van der Waals surface area contributed by atoms with Crippen LogP contribution in [0.4, 0.5) is 9.93 Å². The number of nitrogens with zero attached hydrogens (tertiary/aromatic N) is 3. The minimum atomic E-state index is -4.12. The molecule has 0 spiro atoms. The van der Waals surface area contributed by atoms with Gasteiger partial charge in [-0.1, -0.05) is 41.7 Å². The Labute approximate surface area is 147 Å². The van der Waals surface area contributed by atoms with E-state index in [-0.39, 0.29) is 11.7 Å². The predicted octanol–water partition coefficient (Wildman–Crippen LogP) is 0.202. The van der Waals surface area contributed by atoms with Crippen molar-refractivity contribution >= 4 is 38.5 Å². The highest BCUT2D eigenvalue weighted by molar-refractivity contribution is 7.91. The van der Waals surface area contributed by atoms with Gasteiger partial charge in [0.05, 0.1) is 6.04 Å². The number of sulfonamides is 1. The van der Waals surface area contributed by atoms with Crippen LogP contribution in [0.5, 0.6) is 0 Å². The van der Waals surface area contributed by atoms with Crippen LogP contribution in [0, 0.1) is 0 Å². The van der Waals surface area contributed by atoms with E-state index in [9.17, 15) is 18.0 Å². The van der Waals surface area contributed by atoms with E-state index in [4.69, 9.17) is 15.6 Å². The standard InChI is InChI=1S/C13H15N5O5S2/c1-8(14)10(19)18(11-16-17-12(24-11)25(15,21)22)13(20)23-7-9-5-3-2-4-6-9/h2-6,8H,7,14H2,1H3,(H2,15,21,22)/t8-/m0/s1. The van der Waals surface area contributed by atoms with Gasteiger partial charge in [0.2, 0.25) is 9.47 Å². The first kappa shape index (κ1) is 18.9. The van der Waals surface area contributed by atoms with Gasteiger partial charge in [0, 0.05) is 0 Å². The summed E-state index contributed by atoms with van der Waals surface area (Å²) < 4.78 is 27.1. The van der Waals surface area contributed by atoms with Gasteiger partial charge >= 0.3 is 6.09 Å². The maximum absolute atomic E-state index is 12.3. The number of rotatable bonds is 5. The zero-order valence-corrected chi connectivity index (χ0v) is 14.7. The van der Waals surface area contributed by atoms with Crippen molar-refractivity contribution in [3.05, 3.63) is 35.9 Å². The first-order chi connectivity index (χ1) is 11.7. The van der Waals surface area contributed by atoms with E-state index in [0.29, 0.717) is 21.8 Å². The smallest absolute Gasteiger partial charge is 0.423 e. The average Bonchev–Trinajstić information content (AvgIpc) is 3.04. The van der Waals surface area contributed by atoms with Crippen LogP contribution in [-0.2, 0) is 26.2 Å². The Hall–Kier alpha value is -2.41. The van der Waals surface area contributed by atoms with Gasteiger partial charge in [-0.2, -0.15) is 4.90 Å². The molecule has 1 atom stereocenters. The summed E-state index contributed by atoms with van der Waals surface area (Å²) in [6, 6.07) is 7.73. The lowest BCUT2D eigenvalue weighted by Crippen LogP contribution is -2.46. The van der Waals surface area contributed by atoms with Crippen LogP contribution in [0.3, 0.4) is 0 Å². The number of carbonyl (C=O) groups excluding carboxylic acids is 2. The van der Waals surface area contributed by atoms with E-state index in [2.05, 4.69) is 10.2 Å². The number of carbonyl (C=O) groups is 2. The summed E-state index contributed by atoms with van der Waals surface area (Å²) in [5, 5.41) is 11.5. The fourth-order valence-electron chi connectivity index (χ4n) is 1.66. The molecule has 2 rings (SSSR count). The molecule has 12 heteroatoms. The largest absolute Gasteiger partial charge is 0.444 e. The number of ether oxygens (including phenoxy) is 1. The number of hydrogen-bond acceptors (Lipinski definition) is 9. The maximum Gasteiger partial charge on any atom is 0.423 e. The van der Waals surface area contributed by atoms with E-state index in [1.165, 1.54) is 6.92 Å². The summed E-state index contributed by atoms with van der Waals surface area (Å²) in [7, 11) is -4.12. The second-order valence-electron chi connectivity index (χ2n) is 4.90. The molecule has 1 aromatic heterocycles. The molecular weight excluding hydrogens is 370 g/mol. The van der Waals surface area contributed by atoms with Crippen molar-refractivity contribution < 1.29 is 22.7 Å². The second kappa shape index (κ2) is 7.65. The Kier molecular flexibility index (Phi) is 5.79. The molecule has 25 heavy (non-hydrogen) atoms. The maximum atomic E-state index is 12.3. The quantitative estimate of drug-likeness (QED) is 0.691.